The van der Waals surface area contributed by atoms with Crippen LogP contribution in [0, 0.1) is 5.92 Å². The third-order valence-electron chi connectivity index (χ3n) is 6.37. The second-order valence-electron chi connectivity index (χ2n) is 8.38. The molecule has 2 aliphatic carbocycles. The zero-order valence-corrected chi connectivity index (χ0v) is 18.1. The van der Waals surface area contributed by atoms with Crippen molar-refractivity contribution in [3.63, 3.8) is 0 Å². The summed E-state index contributed by atoms with van der Waals surface area (Å²) in [5.41, 5.74) is 0.402. The maximum atomic E-state index is 13.0. The minimum absolute atomic E-state index is 0.0320. The number of amides is 4. The zero-order chi connectivity index (χ0) is 21.5. The van der Waals surface area contributed by atoms with Crippen molar-refractivity contribution in [2.75, 3.05) is 18.5 Å². The predicted molar refractivity (Wildman–Crippen MR) is 111 cm³/mol. The van der Waals surface area contributed by atoms with Crippen molar-refractivity contribution in [2.24, 2.45) is 5.92 Å². The van der Waals surface area contributed by atoms with Crippen LogP contribution in [-0.2, 0) is 14.3 Å². The SMILES string of the molecule is CCOC(=O)c1c(C2CC2)csc1NC(=O)CN1C(=O)N[C@]2(CCCC[C@H]2C)C1=O. The number of nitrogens with one attached hydrogen (secondary N) is 2. The van der Waals surface area contributed by atoms with Crippen molar-refractivity contribution in [2.45, 2.75) is 63.8 Å². The third kappa shape index (κ3) is 3.59. The highest BCUT2D eigenvalue weighted by molar-refractivity contribution is 7.15. The average molecular weight is 434 g/mol. The number of nitrogens with zero attached hydrogens (tertiary/aromatic N) is 1. The van der Waals surface area contributed by atoms with E-state index in [4.69, 9.17) is 4.74 Å². The third-order valence-corrected chi connectivity index (χ3v) is 7.29. The summed E-state index contributed by atoms with van der Waals surface area (Å²) >= 11 is 1.27. The number of carbonyl (C=O) groups excluding carboxylic acids is 4. The maximum Gasteiger partial charge on any atom is 0.341 e. The van der Waals surface area contributed by atoms with Gasteiger partial charge in [-0.15, -0.1) is 11.3 Å². The van der Waals surface area contributed by atoms with Gasteiger partial charge in [-0.2, -0.15) is 0 Å². The highest BCUT2D eigenvalue weighted by atomic mass is 32.1. The monoisotopic (exact) mass is 433 g/mol. The molecule has 4 rings (SSSR count). The van der Waals surface area contributed by atoms with Crippen molar-refractivity contribution < 1.29 is 23.9 Å². The van der Waals surface area contributed by atoms with E-state index < -0.39 is 23.4 Å². The molecule has 4 amide bonds. The molecule has 2 N–H and O–H groups in total. The number of urea groups is 1. The van der Waals surface area contributed by atoms with Crippen molar-refractivity contribution >= 4 is 40.2 Å². The second-order valence-corrected chi connectivity index (χ2v) is 9.26. The van der Waals surface area contributed by atoms with Gasteiger partial charge in [0, 0.05) is 0 Å². The van der Waals surface area contributed by atoms with Crippen molar-refractivity contribution in [1.29, 1.82) is 0 Å². The zero-order valence-electron chi connectivity index (χ0n) is 17.3. The maximum absolute atomic E-state index is 13.0. The average Bonchev–Trinajstić information content (AvgIpc) is 3.43. The number of anilines is 1. The number of rotatable bonds is 6. The number of imide groups is 1. The number of ether oxygens (including phenoxy) is 1. The first-order valence-electron chi connectivity index (χ1n) is 10.6. The van der Waals surface area contributed by atoms with Crippen LogP contribution in [0.1, 0.15) is 74.2 Å². The minimum Gasteiger partial charge on any atom is -0.462 e. The Hall–Kier alpha value is -2.42. The van der Waals surface area contributed by atoms with Gasteiger partial charge in [-0.05, 0) is 55.4 Å². The summed E-state index contributed by atoms with van der Waals surface area (Å²) < 4.78 is 5.17. The molecule has 1 saturated heterocycles. The fourth-order valence-corrected chi connectivity index (χ4v) is 5.57. The predicted octanol–water partition coefficient (Wildman–Crippen LogP) is 3.24. The number of thiophene rings is 1. The van der Waals surface area contributed by atoms with Crippen molar-refractivity contribution in [1.82, 2.24) is 10.2 Å². The van der Waals surface area contributed by atoms with Crippen molar-refractivity contribution in [3.05, 3.63) is 16.5 Å². The van der Waals surface area contributed by atoms with E-state index in [0.29, 0.717) is 22.9 Å². The second kappa shape index (κ2) is 8.02. The van der Waals surface area contributed by atoms with Gasteiger partial charge in [0.15, 0.2) is 0 Å². The number of hydrogen-bond acceptors (Lipinski definition) is 6. The van der Waals surface area contributed by atoms with Crippen LogP contribution in [0.2, 0.25) is 0 Å². The Morgan fingerprint density at radius 3 is 2.73 bits per heavy atom. The molecule has 2 heterocycles. The van der Waals surface area contributed by atoms with E-state index in [9.17, 15) is 19.2 Å². The van der Waals surface area contributed by atoms with Crippen LogP contribution in [0.4, 0.5) is 9.80 Å². The molecule has 30 heavy (non-hydrogen) atoms. The summed E-state index contributed by atoms with van der Waals surface area (Å²) in [6.07, 6.45) is 5.40. The lowest BCUT2D eigenvalue weighted by molar-refractivity contribution is -0.136. The summed E-state index contributed by atoms with van der Waals surface area (Å²) in [4.78, 5) is 51.7. The summed E-state index contributed by atoms with van der Waals surface area (Å²) in [5.74, 6) is -0.936. The van der Waals surface area contributed by atoms with Gasteiger partial charge in [-0.3, -0.25) is 14.5 Å². The fourth-order valence-electron chi connectivity index (χ4n) is 4.52. The molecule has 1 aromatic rings. The first-order valence-corrected chi connectivity index (χ1v) is 11.5. The largest absolute Gasteiger partial charge is 0.462 e. The molecule has 162 valence electrons. The summed E-state index contributed by atoms with van der Waals surface area (Å²) in [5, 5.41) is 7.87. The van der Waals surface area contributed by atoms with Gasteiger partial charge in [-0.1, -0.05) is 19.8 Å². The van der Waals surface area contributed by atoms with E-state index in [1.54, 1.807) is 6.92 Å². The van der Waals surface area contributed by atoms with Crippen LogP contribution in [-0.4, -0.2) is 47.4 Å². The lowest BCUT2D eigenvalue weighted by atomic mass is 9.73. The van der Waals surface area contributed by atoms with Gasteiger partial charge >= 0.3 is 12.0 Å². The molecule has 0 radical (unpaired) electrons. The first kappa shape index (κ1) is 20.8. The van der Waals surface area contributed by atoms with Gasteiger partial charge in [-0.25, -0.2) is 9.59 Å². The summed E-state index contributed by atoms with van der Waals surface area (Å²) in [6, 6.07) is -0.528. The highest BCUT2D eigenvalue weighted by Crippen LogP contribution is 2.46. The molecule has 0 unspecified atom stereocenters. The Kier molecular flexibility index (Phi) is 5.57. The molecule has 1 aliphatic heterocycles. The van der Waals surface area contributed by atoms with Crippen LogP contribution < -0.4 is 10.6 Å². The number of hydrogen-bond donors (Lipinski definition) is 2. The summed E-state index contributed by atoms with van der Waals surface area (Å²) in [7, 11) is 0. The standard InChI is InChI=1S/C21H27N3O5S/c1-3-29-18(26)16-14(13-7-8-13)11-30-17(16)22-15(25)10-24-19(27)21(23-20(24)28)9-5-4-6-12(21)2/h11-13H,3-10H2,1-2H3,(H,22,25)(H,23,28)/t12-,21+/m1/s1. The Morgan fingerprint density at radius 1 is 1.30 bits per heavy atom. The van der Waals surface area contributed by atoms with E-state index in [-0.39, 0.29) is 25.0 Å². The van der Waals surface area contributed by atoms with E-state index in [1.807, 2.05) is 12.3 Å². The van der Waals surface area contributed by atoms with E-state index in [2.05, 4.69) is 10.6 Å². The molecular weight excluding hydrogens is 406 g/mol. The molecule has 1 aromatic heterocycles. The first-order chi connectivity index (χ1) is 14.4. The minimum atomic E-state index is -0.895. The Morgan fingerprint density at radius 2 is 2.07 bits per heavy atom. The Balaban J connectivity index is 1.48. The van der Waals surface area contributed by atoms with Crippen LogP contribution in [0.25, 0.3) is 0 Å². The Labute approximate surface area is 179 Å². The lowest BCUT2D eigenvalue weighted by Crippen LogP contribution is -2.54. The summed E-state index contributed by atoms with van der Waals surface area (Å²) in [6.45, 7) is 3.57. The van der Waals surface area contributed by atoms with Crippen LogP contribution in [0.3, 0.4) is 0 Å². The molecule has 9 heteroatoms. The van der Waals surface area contributed by atoms with E-state index in [0.717, 1.165) is 42.6 Å². The van der Waals surface area contributed by atoms with Crippen molar-refractivity contribution in [3.8, 4) is 0 Å². The Bertz CT molecular complexity index is 893. The van der Waals surface area contributed by atoms with Crippen LogP contribution >= 0.6 is 11.3 Å². The molecule has 8 nitrogen and oxygen atoms in total. The molecular formula is C21H27N3O5S. The highest BCUT2D eigenvalue weighted by Gasteiger charge is 2.55. The quantitative estimate of drug-likeness (QED) is 0.529. The van der Waals surface area contributed by atoms with Gasteiger partial charge in [0.05, 0.1) is 12.2 Å². The number of esters is 1. The molecule has 1 spiro atoms. The van der Waals surface area contributed by atoms with Crippen LogP contribution in [0.5, 0.6) is 0 Å². The van der Waals surface area contributed by atoms with E-state index >= 15 is 0 Å². The topological polar surface area (TPSA) is 105 Å². The molecule has 2 saturated carbocycles. The lowest BCUT2D eigenvalue weighted by Gasteiger charge is -2.36. The van der Waals surface area contributed by atoms with Gasteiger partial charge in [0.25, 0.3) is 5.91 Å². The number of carbonyl (C=O) groups is 4. The fraction of sp³-hybridized carbons (Fsp3) is 0.619. The molecule has 0 aromatic carbocycles. The smallest absolute Gasteiger partial charge is 0.341 e. The van der Waals surface area contributed by atoms with Gasteiger partial charge in [0.2, 0.25) is 5.91 Å². The van der Waals surface area contributed by atoms with Crippen LogP contribution in [0.15, 0.2) is 5.38 Å². The molecule has 3 fully saturated rings. The normalized spacial score (nSPS) is 26.1. The molecule has 3 aliphatic rings. The van der Waals surface area contributed by atoms with Gasteiger partial charge < -0.3 is 15.4 Å². The van der Waals surface area contributed by atoms with E-state index in [1.165, 1.54) is 11.3 Å². The van der Waals surface area contributed by atoms with Gasteiger partial charge in [0.1, 0.15) is 17.1 Å². The molecule has 0 bridgehead atoms. The molecule has 2 atom stereocenters.